The molecule has 3 aromatic rings. The SMILES string of the molecule is C/C(=C\C(=O)Nc1ccc(S[C@H](C)C(=O)Nc2cccc3ccccc23)cc1)C(=O)O. The summed E-state index contributed by atoms with van der Waals surface area (Å²) in [5, 5.41) is 16.2. The molecule has 0 unspecified atom stereocenters. The van der Waals surface area contributed by atoms with Gasteiger partial charge in [0.15, 0.2) is 0 Å². The van der Waals surface area contributed by atoms with E-state index in [0.717, 1.165) is 27.4 Å². The average molecular weight is 435 g/mol. The molecule has 0 radical (unpaired) electrons. The zero-order valence-corrected chi connectivity index (χ0v) is 17.9. The topological polar surface area (TPSA) is 95.5 Å². The minimum Gasteiger partial charge on any atom is -0.478 e. The maximum absolute atomic E-state index is 12.7. The molecule has 0 saturated heterocycles. The summed E-state index contributed by atoms with van der Waals surface area (Å²) >= 11 is 1.40. The summed E-state index contributed by atoms with van der Waals surface area (Å²) in [4.78, 5) is 36.2. The van der Waals surface area contributed by atoms with E-state index in [1.807, 2.05) is 49.4 Å². The van der Waals surface area contributed by atoms with E-state index in [1.54, 1.807) is 24.3 Å². The van der Waals surface area contributed by atoms with Gasteiger partial charge in [0.2, 0.25) is 11.8 Å². The Morgan fingerprint density at radius 3 is 2.32 bits per heavy atom. The van der Waals surface area contributed by atoms with Gasteiger partial charge >= 0.3 is 5.97 Å². The number of fused-ring (bicyclic) bond motifs is 1. The van der Waals surface area contributed by atoms with Gasteiger partial charge in [-0.25, -0.2) is 4.79 Å². The third-order valence-electron chi connectivity index (χ3n) is 4.54. The Kier molecular flexibility index (Phi) is 7.10. The lowest BCUT2D eigenvalue weighted by molar-refractivity contribution is -0.132. The number of carboxylic acid groups (broad SMARTS) is 1. The van der Waals surface area contributed by atoms with Crippen LogP contribution in [0, 0.1) is 0 Å². The molecule has 0 spiro atoms. The summed E-state index contributed by atoms with van der Waals surface area (Å²) in [6.45, 7) is 3.19. The third kappa shape index (κ3) is 5.96. The van der Waals surface area contributed by atoms with Crippen molar-refractivity contribution in [3.05, 3.63) is 78.4 Å². The van der Waals surface area contributed by atoms with Crippen LogP contribution >= 0.6 is 11.8 Å². The van der Waals surface area contributed by atoms with Gasteiger partial charge in [-0.15, -0.1) is 11.8 Å². The summed E-state index contributed by atoms with van der Waals surface area (Å²) in [5.41, 5.74) is 1.27. The van der Waals surface area contributed by atoms with Gasteiger partial charge in [-0.05, 0) is 49.6 Å². The summed E-state index contributed by atoms with van der Waals surface area (Å²) in [6.07, 6.45) is 1.03. The Labute approximate surface area is 184 Å². The number of amides is 2. The van der Waals surface area contributed by atoms with Gasteiger partial charge in [0.05, 0.1) is 5.25 Å². The number of nitrogens with one attached hydrogen (secondary N) is 2. The van der Waals surface area contributed by atoms with Crippen LogP contribution in [0.5, 0.6) is 0 Å². The first-order valence-corrected chi connectivity index (χ1v) is 10.5. The number of carbonyl (C=O) groups is 3. The molecule has 6 nitrogen and oxygen atoms in total. The first kappa shape index (κ1) is 22.1. The minimum atomic E-state index is -1.14. The molecule has 3 rings (SSSR count). The van der Waals surface area contributed by atoms with Crippen molar-refractivity contribution in [2.45, 2.75) is 24.0 Å². The molecule has 3 N–H and O–H groups in total. The van der Waals surface area contributed by atoms with Crippen LogP contribution in [-0.4, -0.2) is 28.1 Å². The minimum absolute atomic E-state index is 0.0456. The van der Waals surface area contributed by atoms with Gasteiger partial charge in [-0.1, -0.05) is 36.4 Å². The molecule has 0 saturated carbocycles. The Bertz CT molecular complexity index is 1150. The second-order valence-corrected chi connectivity index (χ2v) is 8.34. The Morgan fingerprint density at radius 1 is 0.935 bits per heavy atom. The van der Waals surface area contributed by atoms with Crippen molar-refractivity contribution >= 4 is 51.7 Å². The van der Waals surface area contributed by atoms with Crippen molar-refractivity contribution in [3.63, 3.8) is 0 Å². The van der Waals surface area contributed by atoms with E-state index in [9.17, 15) is 14.4 Å². The molecule has 31 heavy (non-hydrogen) atoms. The van der Waals surface area contributed by atoms with Crippen molar-refractivity contribution in [1.82, 2.24) is 0 Å². The van der Waals surface area contributed by atoms with Crippen molar-refractivity contribution in [2.24, 2.45) is 0 Å². The standard InChI is InChI=1S/C24H22N2O4S/c1-15(24(29)30)14-22(27)25-18-10-12-19(13-11-18)31-16(2)23(28)26-21-9-5-7-17-6-3-4-8-20(17)21/h3-14,16H,1-2H3,(H,25,27)(H,26,28)(H,29,30)/b15-14+/t16-/m1/s1. The second-order valence-electron chi connectivity index (χ2n) is 6.92. The molecule has 7 heteroatoms. The molecule has 0 bridgehead atoms. The second kappa shape index (κ2) is 9.95. The molecule has 0 aromatic heterocycles. The number of benzene rings is 3. The molecular formula is C24H22N2O4S. The smallest absolute Gasteiger partial charge is 0.331 e. The van der Waals surface area contributed by atoms with E-state index < -0.39 is 11.9 Å². The highest BCUT2D eigenvalue weighted by Crippen LogP contribution is 2.27. The highest BCUT2D eigenvalue weighted by molar-refractivity contribution is 8.00. The number of anilines is 2. The van der Waals surface area contributed by atoms with Crippen LogP contribution in [0.2, 0.25) is 0 Å². The van der Waals surface area contributed by atoms with E-state index in [1.165, 1.54) is 18.7 Å². The normalized spacial score (nSPS) is 12.3. The van der Waals surface area contributed by atoms with Crippen molar-refractivity contribution in [1.29, 1.82) is 0 Å². The summed E-state index contributed by atoms with van der Waals surface area (Å²) < 4.78 is 0. The third-order valence-corrected chi connectivity index (χ3v) is 5.65. The Balaban J connectivity index is 1.60. The van der Waals surface area contributed by atoms with Crippen molar-refractivity contribution in [3.8, 4) is 0 Å². The lowest BCUT2D eigenvalue weighted by Gasteiger charge is -2.14. The summed E-state index contributed by atoms with van der Waals surface area (Å²) in [5.74, 6) is -1.76. The quantitative estimate of drug-likeness (QED) is 0.362. The van der Waals surface area contributed by atoms with Crippen LogP contribution in [0.4, 0.5) is 11.4 Å². The van der Waals surface area contributed by atoms with Crippen LogP contribution in [0.15, 0.2) is 83.3 Å². The fourth-order valence-electron chi connectivity index (χ4n) is 2.88. The number of carbonyl (C=O) groups excluding carboxylic acids is 2. The lowest BCUT2D eigenvalue weighted by atomic mass is 10.1. The monoisotopic (exact) mass is 434 g/mol. The maximum Gasteiger partial charge on any atom is 0.331 e. The molecule has 3 aromatic carbocycles. The Hall–Kier alpha value is -3.58. The molecule has 1 atom stereocenters. The van der Waals surface area contributed by atoms with E-state index in [4.69, 9.17) is 5.11 Å². The van der Waals surface area contributed by atoms with Gasteiger partial charge in [-0.3, -0.25) is 9.59 Å². The van der Waals surface area contributed by atoms with Crippen LogP contribution in [0.1, 0.15) is 13.8 Å². The van der Waals surface area contributed by atoms with E-state index in [2.05, 4.69) is 10.6 Å². The van der Waals surface area contributed by atoms with Gasteiger partial charge in [0, 0.05) is 33.3 Å². The molecule has 0 aliphatic carbocycles. The van der Waals surface area contributed by atoms with Gasteiger partial charge in [-0.2, -0.15) is 0 Å². The first-order chi connectivity index (χ1) is 14.8. The Morgan fingerprint density at radius 2 is 1.61 bits per heavy atom. The number of rotatable bonds is 7. The molecule has 158 valence electrons. The molecule has 0 aliphatic heterocycles. The van der Waals surface area contributed by atoms with E-state index in [-0.39, 0.29) is 16.7 Å². The molecule has 0 heterocycles. The highest BCUT2D eigenvalue weighted by Gasteiger charge is 2.16. The highest BCUT2D eigenvalue weighted by atomic mass is 32.2. The van der Waals surface area contributed by atoms with E-state index in [0.29, 0.717) is 5.69 Å². The summed E-state index contributed by atoms with van der Waals surface area (Å²) in [6, 6.07) is 20.7. The zero-order chi connectivity index (χ0) is 22.4. The maximum atomic E-state index is 12.7. The van der Waals surface area contributed by atoms with Crippen molar-refractivity contribution in [2.75, 3.05) is 10.6 Å². The number of aliphatic carboxylic acids is 1. The van der Waals surface area contributed by atoms with Crippen LogP contribution in [-0.2, 0) is 14.4 Å². The fraction of sp³-hybridized carbons (Fsp3) is 0.125. The fourth-order valence-corrected chi connectivity index (χ4v) is 3.75. The average Bonchev–Trinajstić information content (AvgIpc) is 2.75. The zero-order valence-electron chi connectivity index (χ0n) is 17.1. The van der Waals surface area contributed by atoms with E-state index >= 15 is 0 Å². The van der Waals surface area contributed by atoms with Gasteiger partial charge in [0.1, 0.15) is 0 Å². The number of thioether (sulfide) groups is 1. The van der Waals surface area contributed by atoms with Crippen LogP contribution in [0.25, 0.3) is 10.8 Å². The molecule has 0 fully saturated rings. The predicted octanol–water partition coefficient (Wildman–Crippen LogP) is 4.93. The van der Waals surface area contributed by atoms with Crippen LogP contribution < -0.4 is 10.6 Å². The molecule has 0 aliphatic rings. The molecule has 2 amide bonds. The van der Waals surface area contributed by atoms with Gasteiger partial charge in [0.25, 0.3) is 0 Å². The van der Waals surface area contributed by atoms with Crippen LogP contribution in [0.3, 0.4) is 0 Å². The lowest BCUT2D eigenvalue weighted by Crippen LogP contribution is -2.22. The predicted molar refractivity (Wildman–Crippen MR) is 124 cm³/mol. The number of hydrogen-bond donors (Lipinski definition) is 3. The number of carboxylic acids is 1. The number of hydrogen-bond acceptors (Lipinski definition) is 4. The largest absolute Gasteiger partial charge is 0.478 e. The van der Waals surface area contributed by atoms with Gasteiger partial charge < -0.3 is 15.7 Å². The first-order valence-electron chi connectivity index (χ1n) is 9.61. The molecular weight excluding hydrogens is 412 g/mol. The summed E-state index contributed by atoms with van der Waals surface area (Å²) in [7, 11) is 0. The van der Waals surface area contributed by atoms with Crippen molar-refractivity contribution < 1.29 is 19.5 Å².